The minimum atomic E-state index is -0.128. The van der Waals surface area contributed by atoms with Gasteiger partial charge < -0.3 is 14.8 Å². The fraction of sp³-hybridized carbons (Fsp3) is 0.368. The smallest absolute Gasteiger partial charge is 0.268 e. The molecule has 1 amide bonds. The van der Waals surface area contributed by atoms with E-state index in [1.807, 2.05) is 29.2 Å². The number of piperazine rings is 1. The number of benzene rings is 1. The van der Waals surface area contributed by atoms with E-state index in [0.29, 0.717) is 39.0 Å². The summed E-state index contributed by atoms with van der Waals surface area (Å²) in [5, 5.41) is 4.06. The number of imidazole rings is 1. The minimum Gasteiger partial charge on any atom is -0.367 e. The SMILES string of the molecule is Cn1ncc(N2CCN(C(=O)CCc3nc4ccccc4[nH]3)CC2)cc1=O. The van der Waals surface area contributed by atoms with Gasteiger partial charge in [-0.05, 0) is 12.1 Å². The molecule has 0 bridgehead atoms. The zero-order chi connectivity index (χ0) is 18.8. The molecular weight excluding hydrogens is 344 g/mol. The number of carbonyl (C=O) groups excluding carboxylic acids is 1. The Morgan fingerprint density at radius 2 is 1.96 bits per heavy atom. The maximum absolute atomic E-state index is 12.5. The number of hydrogen-bond acceptors (Lipinski definition) is 5. The number of nitrogens with one attached hydrogen (secondary N) is 1. The summed E-state index contributed by atoms with van der Waals surface area (Å²) in [7, 11) is 1.63. The van der Waals surface area contributed by atoms with Crippen molar-refractivity contribution in [1.29, 1.82) is 0 Å². The van der Waals surface area contributed by atoms with Crippen molar-refractivity contribution in [1.82, 2.24) is 24.6 Å². The van der Waals surface area contributed by atoms with Gasteiger partial charge in [0.25, 0.3) is 5.56 Å². The largest absolute Gasteiger partial charge is 0.367 e. The molecule has 0 radical (unpaired) electrons. The van der Waals surface area contributed by atoms with Gasteiger partial charge in [0.15, 0.2) is 0 Å². The highest BCUT2D eigenvalue weighted by molar-refractivity contribution is 5.77. The molecule has 2 aromatic heterocycles. The maximum Gasteiger partial charge on any atom is 0.268 e. The summed E-state index contributed by atoms with van der Waals surface area (Å²) in [6, 6.07) is 9.45. The molecule has 8 nitrogen and oxygen atoms in total. The number of amides is 1. The van der Waals surface area contributed by atoms with Crippen molar-refractivity contribution in [3.05, 3.63) is 52.7 Å². The van der Waals surface area contributed by atoms with Crippen LogP contribution in [0.25, 0.3) is 11.0 Å². The fourth-order valence-corrected chi connectivity index (χ4v) is 3.35. The van der Waals surface area contributed by atoms with Crippen molar-refractivity contribution in [2.24, 2.45) is 7.05 Å². The van der Waals surface area contributed by atoms with Crippen LogP contribution in [0.2, 0.25) is 0 Å². The standard InChI is InChI=1S/C19H22N6O2/c1-23-19(27)12-14(13-20-23)24-8-10-25(11-9-24)18(26)7-6-17-21-15-4-2-3-5-16(15)22-17/h2-5,12-13H,6-11H2,1H3,(H,21,22). The number of carbonyl (C=O) groups is 1. The molecule has 0 saturated carbocycles. The Labute approximate surface area is 156 Å². The van der Waals surface area contributed by atoms with Gasteiger partial charge in [-0.15, -0.1) is 0 Å². The van der Waals surface area contributed by atoms with Crippen LogP contribution in [0.3, 0.4) is 0 Å². The van der Waals surface area contributed by atoms with Crippen LogP contribution in [0.1, 0.15) is 12.2 Å². The molecule has 1 aromatic carbocycles. The molecule has 1 saturated heterocycles. The maximum atomic E-state index is 12.5. The summed E-state index contributed by atoms with van der Waals surface area (Å²) in [4.78, 5) is 36.0. The molecule has 1 aliphatic heterocycles. The van der Waals surface area contributed by atoms with Gasteiger partial charge in [-0.1, -0.05) is 12.1 Å². The van der Waals surface area contributed by atoms with E-state index in [1.54, 1.807) is 19.3 Å². The van der Waals surface area contributed by atoms with Gasteiger partial charge in [0, 0.05) is 52.1 Å². The van der Waals surface area contributed by atoms with Crippen molar-refractivity contribution < 1.29 is 4.79 Å². The van der Waals surface area contributed by atoms with E-state index in [0.717, 1.165) is 22.5 Å². The number of nitrogens with zero attached hydrogens (tertiary/aromatic N) is 5. The van der Waals surface area contributed by atoms with Gasteiger partial charge in [-0.3, -0.25) is 9.59 Å². The number of hydrogen-bond donors (Lipinski definition) is 1. The lowest BCUT2D eigenvalue weighted by Crippen LogP contribution is -2.49. The molecule has 0 aliphatic carbocycles. The molecule has 140 valence electrons. The first kappa shape index (κ1) is 17.3. The van der Waals surface area contributed by atoms with E-state index in [4.69, 9.17) is 0 Å². The molecule has 0 unspecified atom stereocenters. The fourth-order valence-electron chi connectivity index (χ4n) is 3.35. The molecule has 1 fully saturated rings. The average molecular weight is 366 g/mol. The third-order valence-corrected chi connectivity index (χ3v) is 4.97. The molecule has 0 spiro atoms. The van der Waals surface area contributed by atoms with Crippen LogP contribution in [0.4, 0.5) is 5.69 Å². The molecular formula is C19H22N6O2. The molecule has 4 rings (SSSR count). The van der Waals surface area contributed by atoms with Crippen LogP contribution < -0.4 is 10.5 Å². The first-order chi connectivity index (χ1) is 13.1. The lowest BCUT2D eigenvalue weighted by Gasteiger charge is -2.35. The van der Waals surface area contributed by atoms with Gasteiger partial charge in [0.1, 0.15) is 5.82 Å². The van der Waals surface area contributed by atoms with Gasteiger partial charge in [-0.25, -0.2) is 9.67 Å². The second-order valence-electron chi connectivity index (χ2n) is 6.74. The van der Waals surface area contributed by atoms with Gasteiger partial charge in [0.2, 0.25) is 5.91 Å². The normalized spacial score (nSPS) is 14.7. The van der Waals surface area contributed by atoms with Crippen LogP contribution in [-0.4, -0.2) is 56.7 Å². The quantitative estimate of drug-likeness (QED) is 0.742. The number of aromatic nitrogens is 4. The first-order valence-corrected chi connectivity index (χ1v) is 9.10. The van der Waals surface area contributed by atoms with E-state index in [9.17, 15) is 9.59 Å². The molecule has 1 N–H and O–H groups in total. The van der Waals surface area contributed by atoms with Gasteiger partial charge in [0.05, 0.1) is 22.9 Å². The number of anilines is 1. The number of para-hydroxylation sites is 2. The Kier molecular flexibility index (Phi) is 4.62. The highest BCUT2D eigenvalue weighted by atomic mass is 16.2. The lowest BCUT2D eigenvalue weighted by molar-refractivity contribution is -0.131. The lowest BCUT2D eigenvalue weighted by atomic mass is 10.2. The summed E-state index contributed by atoms with van der Waals surface area (Å²) < 4.78 is 1.31. The third kappa shape index (κ3) is 3.69. The van der Waals surface area contributed by atoms with E-state index in [2.05, 4.69) is 20.0 Å². The predicted octanol–water partition coefficient (Wildman–Crippen LogP) is 0.938. The zero-order valence-corrected chi connectivity index (χ0v) is 15.3. The number of H-pyrrole nitrogens is 1. The summed E-state index contributed by atoms with van der Waals surface area (Å²) in [6.07, 6.45) is 2.74. The number of aryl methyl sites for hydroxylation is 2. The van der Waals surface area contributed by atoms with Crippen molar-refractivity contribution in [2.45, 2.75) is 12.8 Å². The second-order valence-corrected chi connectivity index (χ2v) is 6.74. The third-order valence-electron chi connectivity index (χ3n) is 4.97. The van der Waals surface area contributed by atoms with Crippen LogP contribution in [0, 0.1) is 0 Å². The van der Waals surface area contributed by atoms with Crippen LogP contribution in [-0.2, 0) is 18.3 Å². The Morgan fingerprint density at radius 3 is 2.70 bits per heavy atom. The summed E-state index contributed by atoms with van der Waals surface area (Å²) in [5.41, 5.74) is 2.61. The van der Waals surface area contributed by atoms with E-state index in [-0.39, 0.29) is 11.5 Å². The highest BCUT2D eigenvalue weighted by Gasteiger charge is 2.22. The van der Waals surface area contributed by atoms with Crippen molar-refractivity contribution in [3.8, 4) is 0 Å². The molecule has 0 atom stereocenters. The van der Waals surface area contributed by atoms with Gasteiger partial charge >= 0.3 is 0 Å². The number of rotatable bonds is 4. The van der Waals surface area contributed by atoms with Crippen molar-refractivity contribution >= 4 is 22.6 Å². The van der Waals surface area contributed by atoms with Crippen LogP contribution in [0.5, 0.6) is 0 Å². The Bertz CT molecular complexity index is 983. The average Bonchev–Trinajstić information content (AvgIpc) is 3.11. The second kappa shape index (κ2) is 7.22. The summed E-state index contributed by atoms with van der Waals surface area (Å²) in [6.45, 7) is 2.69. The summed E-state index contributed by atoms with van der Waals surface area (Å²) in [5.74, 6) is 0.978. The molecule has 3 heterocycles. The van der Waals surface area contributed by atoms with E-state index in [1.165, 1.54) is 4.68 Å². The highest BCUT2D eigenvalue weighted by Crippen LogP contribution is 2.15. The molecule has 1 aliphatic rings. The Morgan fingerprint density at radius 1 is 1.19 bits per heavy atom. The number of aromatic amines is 1. The summed E-state index contributed by atoms with van der Waals surface area (Å²) >= 11 is 0. The molecule has 27 heavy (non-hydrogen) atoms. The minimum absolute atomic E-state index is 0.128. The van der Waals surface area contributed by atoms with Gasteiger partial charge in [-0.2, -0.15) is 5.10 Å². The van der Waals surface area contributed by atoms with Crippen molar-refractivity contribution in [2.75, 3.05) is 31.1 Å². The van der Waals surface area contributed by atoms with E-state index >= 15 is 0 Å². The van der Waals surface area contributed by atoms with Crippen molar-refractivity contribution in [3.63, 3.8) is 0 Å². The topological polar surface area (TPSA) is 87.1 Å². The van der Waals surface area contributed by atoms with Crippen LogP contribution in [0.15, 0.2) is 41.3 Å². The number of fused-ring (bicyclic) bond motifs is 1. The van der Waals surface area contributed by atoms with Crippen LogP contribution >= 0.6 is 0 Å². The monoisotopic (exact) mass is 366 g/mol. The Hall–Kier alpha value is -3.16. The predicted molar refractivity (Wildman–Crippen MR) is 103 cm³/mol. The molecule has 8 heteroatoms. The molecule has 3 aromatic rings. The Balaban J connectivity index is 1.31. The zero-order valence-electron chi connectivity index (χ0n) is 15.3. The first-order valence-electron chi connectivity index (χ1n) is 9.10. The van der Waals surface area contributed by atoms with E-state index < -0.39 is 0 Å².